The summed E-state index contributed by atoms with van der Waals surface area (Å²) in [7, 11) is 0. The van der Waals surface area contributed by atoms with Crippen LogP contribution in [0.15, 0.2) is 67.1 Å². The van der Waals surface area contributed by atoms with E-state index in [0.717, 1.165) is 53.5 Å². The van der Waals surface area contributed by atoms with Gasteiger partial charge in [0.15, 0.2) is 0 Å². The Morgan fingerprint density at radius 2 is 1.82 bits per heavy atom. The van der Waals surface area contributed by atoms with Gasteiger partial charge in [-0.25, -0.2) is 14.4 Å². The first-order valence-electron chi connectivity index (χ1n) is 11.9. The van der Waals surface area contributed by atoms with E-state index >= 15 is 0 Å². The molecule has 1 atom stereocenters. The van der Waals surface area contributed by atoms with Gasteiger partial charge in [0.05, 0.1) is 11.6 Å². The molecule has 0 aliphatic heterocycles. The van der Waals surface area contributed by atoms with Crippen molar-refractivity contribution in [2.24, 2.45) is 5.92 Å². The summed E-state index contributed by atoms with van der Waals surface area (Å²) in [5, 5.41) is 3.99. The quantitative estimate of drug-likeness (QED) is 0.266. The molecule has 2 aromatic carbocycles. The molecule has 0 saturated heterocycles. The van der Waals surface area contributed by atoms with Crippen molar-refractivity contribution in [3.8, 4) is 16.9 Å². The summed E-state index contributed by atoms with van der Waals surface area (Å²) in [5.41, 5.74) is 3.39. The second-order valence-electron chi connectivity index (χ2n) is 8.97. The van der Waals surface area contributed by atoms with Gasteiger partial charge in [0.1, 0.15) is 11.6 Å². The van der Waals surface area contributed by atoms with E-state index in [1.54, 1.807) is 30.7 Å². The molecule has 1 unspecified atom stereocenters. The number of nitrogens with zero attached hydrogens (tertiary/aromatic N) is 3. The van der Waals surface area contributed by atoms with Crippen LogP contribution >= 0.6 is 0 Å². The van der Waals surface area contributed by atoms with Crippen LogP contribution in [0.4, 0.5) is 16.0 Å². The van der Waals surface area contributed by atoms with E-state index in [1.807, 2.05) is 18.2 Å². The number of pyridine rings is 1. The van der Waals surface area contributed by atoms with Crippen molar-refractivity contribution in [2.45, 2.75) is 52.6 Å². The van der Waals surface area contributed by atoms with Gasteiger partial charge in [0, 0.05) is 41.3 Å². The molecule has 0 saturated carbocycles. The third-order valence-electron chi connectivity index (χ3n) is 5.72. The number of fused-ring (bicyclic) bond motifs is 1. The highest BCUT2D eigenvalue weighted by molar-refractivity contribution is 5.88. The van der Waals surface area contributed by atoms with Crippen LogP contribution in [0.3, 0.4) is 0 Å². The molecule has 2 aromatic heterocycles. The maximum atomic E-state index is 13.6. The maximum Gasteiger partial charge on any atom is 0.227 e. The van der Waals surface area contributed by atoms with Crippen molar-refractivity contribution in [1.82, 2.24) is 15.0 Å². The summed E-state index contributed by atoms with van der Waals surface area (Å²) in [6, 6.07) is 14.3. The molecule has 4 aromatic rings. The lowest BCUT2D eigenvalue weighted by Gasteiger charge is -2.22. The number of benzene rings is 2. The molecule has 176 valence electrons. The van der Waals surface area contributed by atoms with E-state index in [2.05, 4.69) is 47.1 Å². The molecule has 2 heterocycles. The Kier molecular flexibility index (Phi) is 7.68. The van der Waals surface area contributed by atoms with Gasteiger partial charge in [0.25, 0.3) is 0 Å². The van der Waals surface area contributed by atoms with E-state index in [1.165, 1.54) is 12.1 Å². The molecule has 0 radical (unpaired) electrons. The number of ether oxygens (including phenoxy) is 1. The molecule has 0 aliphatic carbocycles. The van der Waals surface area contributed by atoms with Crippen LogP contribution in [0.1, 0.15) is 46.5 Å². The van der Waals surface area contributed by atoms with Crippen molar-refractivity contribution >= 4 is 22.5 Å². The second-order valence-corrected chi connectivity index (χ2v) is 8.97. The Morgan fingerprint density at radius 3 is 2.56 bits per heavy atom. The number of rotatable bonds is 10. The smallest absolute Gasteiger partial charge is 0.227 e. The van der Waals surface area contributed by atoms with Crippen LogP contribution in [0, 0.1) is 11.7 Å². The zero-order valence-corrected chi connectivity index (χ0v) is 20.0. The van der Waals surface area contributed by atoms with E-state index in [0.29, 0.717) is 17.6 Å². The molecule has 6 heteroatoms. The fraction of sp³-hybridized carbons (Fsp3) is 0.321. The minimum absolute atomic E-state index is 0.136. The molecule has 34 heavy (non-hydrogen) atoms. The van der Waals surface area contributed by atoms with Crippen LogP contribution in [0.2, 0.25) is 0 Å². The molecule has 0 spiro atoms. The molecule has 1 N–H and O–H groups in total. The first-order chi connectivity index (χ1) is 16.5. The number of nitrogens with one attached hydrogen (secondary N) is 1. The average Bonchev–Trinajstić information content (AvgIpc) is 2.83. The minimum atomic E-state index is -0.313. The average molecular weight is 459 g/mol. The lowest BCUT2D eigenvalue weighted by atomic mass is 10.0. The largest absolute Gasteiger partial charge is 0.490 e. The number of hydrogen-bond acceptors (Lipinski definition) is 5. The molecular weight excluding hydrogens is 427 g/mol. The van der Waals surface area contributed by atoms with Crippen molar-refractivity contribution in [3.05, 3.63) is 72.9 Å². The lowest BCUT2D eigenvalue weighted by molar-refractivity contribution is 0.172. The van der Waals surface area contributed by atoms with E-state index in [9.17, 15) is 4.39 Å². The minimum Gasteiger partial charge on any atom is -0.490 e. The zero-order chi connectivity index (χ0) is 23.9. The van der Waals surface area contributed by atoms with Crippen molar-refractivity contribution in [2.75, 3.05) is 5.32 Å². The van der Waals surface area contributed by atoms with E-state index in [4.69, 9.17) is 4.74 Å². The third kappa shape index (κ3) is 6.07. The van der Waals surface area contributed by atoms with Gasteiger partial charge in [-0.15, -0.1) is 0 Å². The van der Waals surface area contributed by atoms with Gasteiger partial charge in [-0.05, 0) is 67.1 Å². The molecule has 0 aliphatic rings. The summed E-state index contributed by atoms with van der Waals surface area (Å²) in [5.74, 6) is 1.53. The first-order valence-corrected chi connectivity index (χ1v) is 11.9. The Balaban J connectivity index is 1.71. The lowest BCUT2D eigenvalue weighted by Crippen LogP contribution is -2.17. The second kappa shape index (κ2) is 11.1. The van der Waals surface area contributed by atoms with Gasteiger partial charge in [0.2, 0.25) is 5.95 Å². The molecular formula is C28H31FN4O. The predicted octanol–water partition coefficient (Wildman–Crippen LogP) is 7.56. The van der Waals surface area contributed by atoms with Gasteiger partial charge < -0.3 is 10.1 Å². The summed E-state index contributed by atoms with van der Waals surface area (Å²) in [6.45, 7) is 6.67. The molecule has 4 rings (SSSR count). The van der Waals surface area contributed by atoms with Gasteiger partial charge in [-0.2, -0.15) is 0 Å². The first kappa shape index (κ1) is 23.6. The van der Waals surface area contributed by atoms with Crippen LogP contribution < -0.4 is 10.1 Å². The number of aromatic nitrogens is 3. The maximum absolute atomic E-state index is 13.6. The van der Waals surface area contributed by atoms with Gasteiger partial charge >= 0.3 is 0 Å². The van der Waals surface area contributed by atoms with Crippen molar-refractivity contribution < 1.29 is 9.13 Å². The molecule has 0 bridgehead atoms. The van der Waals surface area contributed by atoms with Crippen LogP contribution in [-0.4, -0.2) is 21.1 Å². The number of hydrogen-bond donors (Lipinski definition) is 1. The third-order valence-corrected chi connectivity index (χ3v) is 5.72. The standard InChI is InChI=1S/C28H31FN4O/c1-4-6-24(10-9-19(2)3)34-27-17-26-21(15-25(27)20-11-13-30-14-12-20)18-31-28(33-26)32-23-8-5-7-22(29)16-23/h5,7-8,11-19,24H,4,6,9-10H2,1-3H3,(H,31,32,33). The highest BCUT2D eigenvalue weighted by Crippen LogP contribution is 2.35. The van der Waals surface area contributed by atoms with Gasteiger partial charge in [-0.1, -0.05) is 33.3 Å². The summed E-state index contributed by atoms with van der Waals surface area (Å²) < 4.78 is 20.2. The van der Waals surface area contributed by atoms with E-state index < -0.39 is 0 Å². The van der Waals surface area contributed by atoms with E-state index in [-0.39, 0.29) is 11.9 Å². The Hall–Kier alpha value is -3.54. The monoisotopic (exact) mass is 458 g/mol. The topological polar surface area (TPSA) is 59.9 Å². The van der Waals surface area contributed by atoms with Crippen LogP contribution in [0.5, 0.6) is 5.75 Å². The summed E-state index contributed by atoms with van der Waals surface area (Å²) >= 11 is 0. The van der Waals surface area contributed by atoms with Crippen LogP contribution in [0.25, 0.3) is 22.0 Å². The zero-order valence-electron chi connectivity index (χ0n) is 20.0. The van der Waals surface area contributed by atoms with Gasteiger partial charge in [-0.3, -0.25) is 4.98 Å². The number of halogens is 1. The predicted molar refractivity (Wildman–Crippen MR) is 136 cm³/mol. The fourth-order valence-electron chi connectivity index (χ4n) is 3.95. The summed E-state index contributed by atoms with van der Waals surface area (Å²) in [6.07, 6.45) is 9.67. The molecule has 5 nitrogen and oxygen atoms in total. The normalized spacial score (nSPS) is 12.1. The number of anilines is 2. The Morgan fingerprint density at radius 1 is 1.00 bits per heavy atom. The van der Waals surface area contributed by atoms with Crippen molar-refractivity contribution in [1.29, 1.82) is 0 Å². The fourth-order valence-corrected chi connectivity index (χ4v) is 3.95. The SMILES string of the molecule is CCCC(CCC(C)C)Oc1cc2nc(Nc3cccc(F)c3)ncc2cc1-c1ccncc1. The Labute approximate surface area is 200 Å². The highest BCUT2D eigenvalue weighted by Gasteiger charge is 2.16. The highest BCUT2D eigenvalue weighted by atomic mass is 19.1. The molecule has 0 amide bonds. The van der Waals surface area contributed by atoms with Crippen molar-refractivity contribution in [3.63, 3.8) is 0 Å². The summed E-state index contributed by atoms with van der Waals surface area (Å²) in [4.78, 5) is 13.3. The molecule has 0 fully saturated rings. The van der Waals surface area contributed by atoms with Crippen LogP contribution in [-0.2, 0) is 0 Å². The Bertz CT molecular complexity index is 1230.